The van der Waals surface area contributed by atoms with Gasteiger partial charge in [0.25, 0.3) is 0 Å². The Morgan fingerprint density at radius 2 is 1.26 bits per heavy atom. The largest absolute Gasteiger partial charge is 0.444 e. The van der Waals surface area contributed by atoms with Crippen LogP contribution in [0.15, 0.2) is 0 Å². The number of carbonyl (C=O) groups is 1. The number of amides is 1. The minimum atomic E-state index is -0.418. The van der Waals surface area contributed by atoms with Crippen molar-refractivity contribution in [2.75, 3.05) is 13.1 Å². The molecule has 0 saturated carbocycles. The lowest BCUT2D eigenvalue weighted by Gasteiger charge is -2.63. The van der Waals surface area contributed by atoms with Gasteiger partial charge < -0.3 is 9.64 Å². The van der Waals surface area contributed by atoms with Crippen molar-refractivity contribution < 1.29 is 9.53 Å². The van der Waals surface area contributed by atoms with Crippen molar-refractivity contribution in [1.82, 2.24) is 4.90 Å². The summed E-state index contributed by atoms with van der Waals surface area (Å²) in [6.45, 7) is 20.9. The van der Waals surface area contributed by atoms with E-state index in [4.69, 9.17) is 4.74 Å². The van der Waals surface area contributed by atoms with Crippen LogP contribution in [-0.2, 0) is 4.74 Å². The molecular weight excluding hydrogens is 238 g/mol. The summed E-state index contributed by atoms with van der Waals surface area (Å²) in [5.41, 5.74) is 0.0726. The highest BCUT2D eigenvalue weighted by molar-refractivity contribution is 5.69. The molecule has 3 nitrogen and oxygen atoms in total. The van der Waals surface area contributed by atoms with E-state index in [9.17, 15) is 4.79 Å². The SMILES string of the molecule is CC(C)(C)OC(=O)N1CC(C(C)(C)C)(C(C)(C)C)C1. The van der Waals surface area contributed by atoms with Crippen molar-refractivity contribution in [2.24, 2.45) is 16.2 Å². The summed E-state index contributed by atoms with van der Waals surface area (Å²) in [5.74, 6) is 0. The zero-order chi connectivity index (χ0) is 15.3. The summed E-state index contributed by atoms with van der Waals surface area (Å²) in [5, 5.41) is 0. The van der Waals surface area contributed by atoms with Gasteiger partial charge in [-0.2, -0.15) is 0 Å². The molecule has 1 amide bonds. The molecule has 0 atom stereocenters. The third kappa shape index (κ3) is 3.06. The summed E-state index contributed by atoms with van der Waals surface area (Å²) in [6, 6.07) is 0. The number of hydrogen-bond acceptors (Lipinski definition) is 2. The van der Waals surface area contributed by atoms with E-state index in [0.717, 1.165) is 13.1 Å². The number of ether oxygens (including phenoxy) is 1. The van der Waals surface area contributed by atoms with E-state index in [2.05, 4.69) is 41.5 Å². The van der Waals surface area contributed by atoms with Crippen LogP contribution in [-0.4, -0.2) is 29.7 Å². The summed E-state index contributed by atoms with van der Waals surface area (Å²) < 4.78 is 5.45. The van der Waals surface area contributed by atoms with Gasteiger partial charge in [-0.15, -0.1) is 0 Å². The van der Waals surface area contributed by atoms with Crippen LogP contribution in [0, 0.1) is 16.2 Å². The topological polar surface area (TPSA) is 29.5 Å². The molecule has 1 saturated heterocycles. The van der Waals surface area contributed by atoms with Crippen molar-refractivity contribution in [3.63, 3.8) is 0 Å². The predicted molar refractivity (Wildman–Crippen MR) is 79.2 cm³/mol. The number of rotatable bonds is 0. The summed E-state index contributed by atoms with van der Waals surface area (Å²) in [7, 11) is 0. The van der Waals surface area contributed by atoms with Gasteiger partial charge in [0.2, 0.25) is 0 Å². The standard InChI is InChI=1S/C16H31NO2/c1-13(2,3)16(14(4,5)6)10-17(11-16)12(18)19-15(7,8)9/h10-11H2,1-9H3. The Balaban J connectivity index is 2.80. The first-order valence-electron chi connectivity index (χ1n) is 7.18. The van der Waals surface area contributed by atoms with Crippen molar-refractivity contribution in [2.45, 2.75) is 67.9 Å². The van der Waals surface area contributed by atoms with Gasteiger partial charge in [0.05, 0.1) is 0 Å². The molecule has 1 aliphatic rings. The molecule has 1 fully saturated rings. The molecule has 0 spiro atoms. The van der Waals surface area contributed by atoms with Crippen molar-refractivity contribution in [1.29, 1.82) is 0 Å². The van der Waals surface area contributed by atoms with Crippen LogP contribution in [0.2, 0.25) is 0 Å². The normalized spacial score (nSPS) is 19.9. The van der Waals surface area contributed by atoms with Gasteiger partial charge in [-0.25, -0.2) is 4.79 Å². The second-order valence-electron chi connectivity index (χ2n) is 8.92. The Kier molecular flexibility index (Phi) is 3.77. The lowest BCUT2D eigenvalue weighted by molar-refractivity contribution is -0.146. The highest BCUT2D eigenvalue weighted by Crippen LogP contribution is 2.57. The first kappa shape index (κ1) is 16.3. The quantitative estimate of drug-likeness (QED) is 0.655. The third-order valence-corrected chi connectivity index (χ3v) is 4.44. The second-order valence-corrected chi connectivity index (χ2v) is 8.92. The van der Waals surface area contributed by atoms with Crippen LogP contribution in [0.4, 0.5) is 4.79 Å². The van der Waals surface area contributed by atoms with E-state index >= 15 is 0 Å². The van der Waals surface area contributed by atoms with Gasteiger partial charge >= 0.3 is 6.09 Å². The molecule has 0 N–H and O–H groups in total. The average Bonchev–Trinajstić information content (AvgIpc) is 1.89. The minimum absolute atomic E-state index is 0.150. The zero-order valence-corrected chi connectivity index (χ0v) is 14.2. The van der Waals surface area contributed by atoms with E-state index < -0.39 is 5.60 Å². The molecule has 0 aromatic rings. The fourth-order valence-corrected chi connectivity index (χ4v) is 3.13. The van der Waals surface area contributed by atoms with Crippen molar-refractivity contribution in [3.8, 4) is 0 Å². The molecule has 112 valence electrons. The van der Waals surface area contributed by atoms with Crippen LogP contribution >= 0.6 is 0 Å². The number of likely N-dealkylation sites (tertiary alicyclic amines) is 1. The van der Waals surface area contributed by atoms with Crippen LogP contribution < -0.4 is 0 Å². The van der Waals surface area contributed by atoms with Gasteiger partial charge in [0.15, 0.2) is 0 Å². The lowest BCUT2D eigenvalue weighted by atomic mass is 9.50. The molecule has 0 unspecified atom stereocenters. The maximum absolute atomic E-state index is 12.1. The maximum Gasteiger partial charge on any atom is 0.410 e. The molecule has 0 aromatic heterocycles. The third-order valence-electron chi connectivity index (χ3n) is 4.44. The fourth-order valence-electron chi connectivity index (χ4n) is 3.13. The molecule has 0 aliphatic carbocycles. The summed E-state index contributed by atoms with van der Waals surface area (Å²) in [4.78, 5) is 13.9. The van der Waals surface area contributed by atoms with Gasteiger partial charge in [-0.3, -0.25) is 0 Å². The van der Waals surface area contributed by atoms with Gasteiger partial charge in [-0.1, -0.05) is 41.5 Å². The van der Waals surface area contributed by atoms with Crippen LogP contribution in [0.5, 0.6) is 0 Å². The Labute approximate surface area is 118 Å². The maximum atomic E-state index is 12.1. The first-order chi connectivity index (χ1) is 8.20. The van der Waals surface area contributed by atoms with E-state index in [0.29, 0.717) is 0 Å². The Bertz CT molecular complexity index is 330. The Morgan fingerprint density at radius 1 is 0.895 bits per heavy atom. The molecule has 1 rings (SSSR count). The lowest BCUT2D eigenvalue weighted by Crippen LogP contribution is -2.69. The molecule has 0 bridgehead atoms. The molecule has 1 heterocycles. The predicted octanol–water partition coefficient (Wildman–Crippen LogP) is 4.32. The smallest absolute Gasteiger partial charge is 0.410 e. The van der Waals surface area contributed by atoms with Crippen LogP contribution in [0.3, 0.4) is 0 Å². The zero-order valence-electron chi connectivity index (χ0n) is 14.2. The molecular formula is C16H31NO2. The molecule has 1 aliphatic heterocycles. The highest BCUT2D eigenvalue weighted by atomic mass is 16.6. The minimum Gasteiger partial charge on any atom is -0.444 e. The molecule has 3 heteroatoms. The van der Waals surface area contributed by atoms with Crippen molar-refractivity contribution in [3.05, 3.63) is 0 Å². The number of nitrogens with zero attached hydrogens (tertiary/aromatic N) is 1. The van der Waals surface area contributed by atoms with Crippen LogP contribution in [0.25, 0.3) is 0 Å². The molecule has 19 heavy (non-hydrogen) atoms. The Hall–Kier alpha value is -0.730. The monoisotopic (exact) mass is 269 g/mol. The first-order valence-corrected chi connectivity index (χ1v) is 7.18. The second kappa shape index (κ2) is 4.39. The average molecular weight is 269 g/mol. The Morgan fingerprint density at radius 3 is 1.53 bits per heavy atom. The van der Waals surface area contributed by atoms with E-state index in [1.165, 1.54) is 0 Å². The van der Waals surface area contributed by atoms with E-state index in [1.807, 2.05) is 25.7 Å². The van der Waals surface area contributed by atoms with Gasteiger partial charge in [0.1, 0.15) is 5.60 Å². The van der Waals surface area contributed by atoms with Crippen molar-refractivity contribution >= 4 is 6.09 Å². The fraction of sp³-hybridized carbons (Fsp3) is 0.938. The van der Waals surface area contributed by atoms with E-state index in [1.54, 1.807) is 0 Å². The molecule has 0 aromatic carbocycles. The summed E-state index contributed by atoms with van der Waals surface area (Å²) >= 11 is 0. The number of hydrogen-bond donors (Lipinski definition) is 0. The summed E-state index contributed by atoms with van der Waals surface area (Å²) in [6.07, 6.45) is -0.184. The van der Waals surface area contributed by atoms with Crippen LogP contribution in [0.1, 0.15) is 62.3 Å². The molecule has 0 radical (unpaired) electrons. The number of carbonyl (C=O) groups excluding carboxylic acids is 1. The van der Waals surface area contributed by atoms with Gasteiger partial charge in [-0.05, 0) is 31.6 Å². The van der Waals surface area contributed by atoms with Gasteiger partial charge in [0, 0.05) is 18.5 Å². The highest BCUT2D eigenvalue weighted by Gasteiger charge is 2.59. The van der Waals surface area contributed by atoms with E-state index in [-0.39, 0.29) is 22.3 Å².